The van der Waals surface area contributed by atoms with Crippen LogP contribution in [0.15, 0.2) is 121 Å². The molecule has 4 amide bonds. The van der Waals surface area contributed by atoms with E-state index in [1.165, 1.54) is 109 Å². The van der Waals surface area contributed by atoms with Gasteiger partial charge in [0.1, 0.15) is 29.5 Å². The number of carbonyl (C=O) groups is 6. The fourth-order valence-electron chi connectivity index (χ4n) is 8.19. The third-order valence-corrected chi connectivity index (χ3v) is 12.6. The van der Waals surface area contributed by atoms with Gasteiger partial charge in [-0.25, -0.2) is 8.78 Å². The molecule has 412 valence electrons. The van der Waals surface area contributed by atoms with Crippen molar-refractivity contribution in [2.24, 2.45) is 34.8 Å². The fraction of sp³-hybridized carbons (Fsp3) is 0.250. The molecule has 0 saturated carbocycles. The van der Waals surface area contributed by atoms with Gasteiger partial charge in [0, 0.05) is 37.5 Å². The molecule has 6 aromatic rings. The number of Topliss-reactive ketones (excluding diaryl/α,β-unsaturated/α-hetero) is 2. The van der Waals surface area contributed by atoms with Crippen molar-refractivity contribution in [3.05, 3.63) is 166 Å². The quantitative estimate of drug-likeness (QED) is 0.0387. The maximum atomic E-state index is 14.1. The molecular formula is C56H60F2N6O14. The Balaban J connectivity index is 0.000000287. The molecule has 0 radical (unpaired) electrons. The lowest BCUT2D eigenvalue weighted by atomic mass is 9.83. The van der Waals surface area contributed by atoms with Crippen molar-refractivity contribution in [3.63, 3.8) is 0 Å². The Hall–Kier alpha value is -9.28. The number of hydrogen-bond acceptors (Lipinski definition) is 16. The van der Waals surface area contributed by atoms with Crippen molar-refractivity contribution in [1.82, 2.24) is 10.6 Å². The topological polar surface area (TPSA) is 392 Å². The van der Waals surface area contributed by atoms with Gasteiger partial charge in [-0.1, -0.05) is 60.7 Å². The highest BCUT2D eigenvalue weighted by Gasteiger charge is 2.31. The minimum Gasteiger partial charge on any atom is -0.504 e. The molecule has 0 fully saturated rings. The summed E-state index contributed by atoms with van der Waals surface area (Å²) in [6, 6.07) is 22.5. The van der Waals surface area contributed by atoms with E-state index in [0.717, 1.165) is 0 Å². The van der Waals surface area contributed by atoms with Gasteiger partial charge in [-0.3, -0.25) is 28.8 Å². The summed E-state index contributed by atoms with van der Waals surface area (Å²) in [6.45, 7) is 0. The van der Waals surface area contributed by atoms with Crippen LogP contribution in [0.4, 0.5) is 8.78 Å². The van der Waals surface area contributed by atoms with Gasteiger partial charge >= 0.3 is 0 Å². The molecule has 6 atom stereocenters. The standard InChI is InChI=1S/C29H31FN2O7.C27H29FN4O7/c30-21-4-2-1-3-18(21)13-22(31)26(36)14-19(9-16-5-7-23(33)27(37)11-16)25(35)15-20(29(32)39)10-17-6-8-24(34)28(38)12-17;28-17-4-2-1-3-16(17)13-19(25(30)37)31-27(39)20(10-15-6-8-22(34)24(36)12-15)32-26(38)18(29)9-14-5-7-21(33)23(35)11-14/h1-8,11-12,19-20,22,33-34,37-38H,9-10,13-15,31H2,(H2,32,39);1-8,11-12,18-20,33-36H,9-10,13,29H2,(H2,30,37)(H,31,39)(H,32,38). The molecule has 0 aromatic heterocycles. The second-order valence-electron chi connectivity index (χ2n) is 18.6. The van der Waals surface area contributed by atoms with E-state index in [-0.39, 0.29) is 91.2 Å². The lowest BCUT2D eigenvalue weighted by Gasteiger charge is -2.24. The van der Waals surface area contributed by atoms with Crippen LogP contribution in [-0.2, 0) is 67.3 Å². The first-order chi connectivity index (χ1) is 36.9. The van der Waals surface area contributed by atoms with Crippen molar-refractivity contribution >= 4 is 35.2 Å². The summed E-state index contributed by atoms with van der Waals surface area (Å²) in [5.74, 6) is -10.3. The molecule has 0 spiro atoms. The van der Waals surface area contributed by atoms with Crippen molar-refractivity contribution in [2.45, 2.75) is 75.5 Å². The molecular weight excluding hydrogens is 1020 g/mol. The number of benzene rings is 6. The summed E-state index contributed by atoms with van der Waals surface area (Å²) < 4.78 is 28.2. The first-order valence-electron chi connectivity index (χ1n) is 24.1. The van der Waals surface area contributed by atoms with Gasteiger partial charge in [-0.2, -0.15) is 0 Å². The largest absolute Gasteiger partial charge is 0.504 e. The molecule has 0 aliphatic rings. The molecule has 0 aliphatic heterocycles. The van der Waals surface area contributed by atoms with Crippen molar-refractivity contribution in [1.29, 1.82) is 0 Å². The first-order valence-corrected chi connectivity index (χ1v) is 24.1. The minimum absolute atomic E-state index is 0.00236. The van der Waals surface area contributed by atoms with E-state index in [2.05, 4.69) is 10.6 Å². The summed E-state index contributed by atoms with van der Waals surface area (Å²) >= 11 is 0. The number of phenols is 8. The van der Waals surface area contributed by atoms with E-state index >= 15 is 0 Å². The molecule has 20 nitrogen and oxygen atoms in total. The number of rotatable bonds is 24. The molecule has 18 N–H and O–H groups in total. The van der Waals surface area contributed by atoms with Gasteiger partial charge in [0.25, 0.3) is 0 Å². The van der Waals surface area contributed by atoms with E-state index in [9.17, 15) is 78.4 Å². The average Bonchev–Trinajstić information content (AvgIpc) is 3.38. The lowest BCUT2D eigenvalue weighted by molar-refractivity contribution is -0.131. The highest BCUT2D eigenvalue weighted by atomic mass is 19.1. The molecule has 0 saturated heterocycles. The van der Waals surface area contributed by atoms with E-state index in [1.807, 2.05) is 0 Å². The van der Waals surface area contributed by atoms with Crippen molar-refractivity contribution in [3.8, 4) is 46.0 Å². The Kier molecular flexibility index (Phi) is 21.0. The third-order valence-electron chi connectivity index (χ3n) is 12.6. The highest BCUT2D eigenvalue weighted by molar-refractivity contribution is 5.94. The molecule has 6 aromatic carbocycles. The van der Waals surface area contributed by atoms with Gasteiger partial charge < -0.3 is 74.4 Å². The summed E-state index contributed by atoms with van der Waals surface area (Å²) in [4.78, 5) is 76.9. The normalized spacial score (nSPS) is 13.3. The number of nitrogens with one attached hydrogen (secondary N) is 2. The molecule has 0 bridgehead atoms. The first kappa shape index (κ1) is 59.6. The van der Waals surface area contributed by atoms with Crippen LogP contribution in [0.5, 0.6) is 46.0 Å². The second-order valence-corrected chi connectivity index (χ2v) is 18.6. The Bertz CT molecular complexity index is 3090. The SMILES string of the molecule is NC(=O)C(CC(=O)C(CC(=O)C(N)Cc1ccccc1F)Cc1ccc(O)c(O)c1)Cc1ccc(O)c(O)c1.NC(=O)C(Cc1ccccc1F)NC(=O)C(Cc1ccc(O)c(O)c1)NC(=O)C(N)Cc1ccc(O)c(O)c1. The number of primary amides is 2. The number of aromatic hydroxyl groups is 8. The van der Waals surface area contributed by atoms with Gasteiger partial charge in [0.2, 0.25) is 23.6 Å². The van der Waals surface area contributed by atoms with Crippen LogP contribution >= 0.6 is 0 Å². The molecule has 0 aliphatic carbocycles. The minimum atomic E-state index is -1.32. The van der Waals surface area contributed by atoms with E-state index in [4.69, 9.17) is 22.9 Å². The van der Waals surface area contributed by atoms with E-state index < -0.39 is 100 Å². The maximum Gasteiger partial charge on any atom is 0.243 e. The molecule has 6 unspecified atom stereocenters. The van der Waals surface area contributed by atoms with E-state index in [1.54, 1.807) is 12.1 Å². The van der Waals surface area contributed by atoms with Crippen LogP contribution in [0.2, 0.25) is 0 Å². The summed E-state index contributed by atoms with van der Waals surface area (Å²) in [5.41, 5.74) is 25.2. The number of hydrogen-bond donors (Lipinski definition) is 14. The van der Waals surface area contributed by atoms with E-state index in [0.29, 0.717) is 22.3 Å². The molecule has 78 heavy (non-hydrogen) atoms. The van der Waals surface area contributed by atoms with Gasteiger partial charge in [-0.15, -0.1) is 0 Å². The number of nitrogens with two attached hydrogens (primary N) is 4. The van der Waals surface area contributed by atoms with Crippen LogP contribution in [0.25, 0.3) is 0 Å². The summed E-state index contributed by atoms with van der Waals surface area (Å²) in [5, 5.41) is 82.3. The highest BCUT2D eigenvalue weighted by Crippen LogP contribution is 2.31. The van der Waals surface area contributed by atoms with Crippen LogP contribution in [0, 0.1) is 23.5 Å². The number of ketones is 2. The summed E-state index contributed by atoms with van der Waals surface area (Å²) in [6.07, 6.45) is -1.16. The second kappa shape index (κ2) is 27.5. The van der Waals surface area contributed by atoms with Gasteiger partial charge in [-0.05, 0) is 120 Å². The Morgan fingerprint density at radius 1 is 0.397 bits per heavy atom. The predicted octanol–water partition coefficient (Wildman–Crippen LogP) is 3.10. The molecule has 22 heteroatoms. The number of carbonyl (C=O) groups excluding carboxylic acids is 6. The Morgan fingerprint density at radius 2 is 0.782 bits per heavy atom. The fourth-order valence-corrected chi connectivity index (χ4v) is 8.19. The Morgan fingerprint density at radius 3 is 1.21 bits per heavy atom. The van der Waals surface area contributed by atoms with Crippen molar-refractivity contribution < 1.29 is 78.4 Å². The van der Waals surface area contributed by atoms with Crippen LogP contribution in [0.1, 0.15) is 46.2 Å². The zero-order chi connectivity index (χ0) is 57.4. The molecule has 0 heterocycles. The summed E-state index contributed by atoms with van der Waals surface area (Å²) in [7, 11) is 0. The average molecular weight is 1080 g/mol. The predicted molar refractivity (Wildman–Crippen MR) is 279 cm³/mol. The number of halogens is 2. The third kappa shape index (κ3) is 17.4. The lowest BCUT2D eigenvalue weighted by Crippen LogP contribution is -2.56. The number of amides is 4. The zero-order valence-electron chi connectivity index (χ0n) is 41.8. The monoisotopic (exact) mass is 1080 g/mol. The Labute approximate surface area is 445 Å². The van der Waals surface area contributed by atoms with Gasteiger partial charge in [0.15, 0.2) is 51.8 Å². The van der Waals surface area contributed by atoms with Crippen LogP contribution in [-0.4, -0.2) is 100 Å². The number of phenolic OH excluding ortho intramolecular Hbond substituents is 8. The zero-order valence-corrected chi connectivity index (χ0v) is 41.8. The van der Waals surface area contributed by atoms with Crippen LogP contribution < -0.4 is 33.6 Å². The van der Waals surface area contributed by atoms with Crippen LogP contribution in [0.3, 0.4) is 0 Å². The smallest absolute Gasteiger partial charge is 0.243 e. The maximum absolute atomic E-state index is 14.1. The molecule has 6 rings (SSSR count). The van der Waals surface area contributed by atoms with Gasteiger partial charge in [0.05, 0.1) is 12.1 Å². The van der Waals surface area contributed by atoms with Crippen molar-refractivity contribution in [2.75, 3.05) is 0 Å².